The van der Waals surface area contributed by atoms with Gasteiger partial charge in [-0.25, -0.2) is 0 Å². The van der Waals surface area contributed by atoms with E-state index in [9.17, 15) is 4.79 Å². The number of halogens is 1. The van der Waals surface area contributed by atoms with Crippen LogP contribution < -0.4 is 5.73 Å². The minimum Gasteiger partial charge on any atom is -0.348 e. The number of rotatable bonds is 1. The molecule has 0 aromatic carbocycles. The van der Waals surface area contributed by atoms with Crippen LogP contribution in [0, 0.1) is 0 Å². The lowest BCUT2D eigenvalue weighted by atomic mass is 10.6. The molecule has 0 saturated carbocycles. The Balaban J connectivity index is 0. The third kappa shape index (κ3) is 3.89. The Morgan fingerprint density at radius 1 is 1.62 bits per heavy atom. The lowest BCUT2D eigenvalue weighted by Crippen LogP contribution is -2.28. The first-order valence-electron chi connectivity index (χ1n) is 2.08. The van der Waals surface area contributed by atoms with E-state index in [1.807, 2.05) is 0 Å². The Hall–Kier alpha value is -0.280. The minimum atomic E-state index is -0.0417. The van der Waals surface area contributed by atoms with E-state index in [4.69, 9.17) is 5.73 Å². The maximum absolute atomic E-state index is 10.3. The van der Waals surface area contributed by atoms with Gasteiger partial charge in [-0.15, -0.1) is 12.4 Å². The summed E-state index contributed by atoms with van der Waals surface area (Å²) in [5.74, 6) is -0.0417. The van der Waals surface area contributed by atoms with Gasteiger partial charge in [0.15, 0.2) is 0 Å². The third-order valence-corrected chi connectivity index (χ3v) is 0.673. The van der Waals surface area contributed by atoms with Crippen LogP contribution in [0.5, 0.6) is 0 Å². The van der Waals surface area contributed by atoms with Crippen molar-refractivity contribution in [2.75, 3.05) is 20.6 Å². The quantitative estimate of drug-likeness (QED) is 0.529. The molecule has 0 unspecified atom stereocenters. The Morgan fingerprint density at radius 2 is 2.00 bits per heavy atom. The van der Waals surface area contributed by atoms with E-state index in [0.29, 0.717) is 0 Å². The molecule has 0 bridgehead atoms. The lowest BCUT2D eigenvalue weighted by Gasteiger charge is -2.05. The highest BCUT2D eigenvalue weighted by Crippen LogP contribution is 1.70. The standard InChI is InChI=1S/C4H10N2O.ClH/c1-6(2)4(7)3-5;/h3,5H2,1-2H3;1H. The van der Waals surface area contributed by atoms with Gasteiger partial charge in [0.2, 0.25) is 5.91 Å². The number of carbonyl (C=O) groups excluding carboxylic acids is 1. The van der Waals surface area contributed by atoms with Crippen LogP contribution in [0.3, 0.4) is 0 Å². The Labute approximate surface area is 55.2 Å². The molecule has 0 aromatic heterocycles. The zero-order chi connectivity index (χ0) is 5.86. The summed E-state index contributed by atoms with van der Waals surface area (Å²) < 4.78 is 0. The Kier molecular flexibility index (Phi) is 6.48. The fourth-order valence-corrected chi connectivity index (χ4v) is 0.183. The van der Waals surface area contributed by atoms with Crippen molar-refractivity contribution >= 4 is 18.3 Å². The number of hydrogen-bond acceptors (Lipinski definition) is 2. The lowest BCUT2D eigenvalue weighted by molar-refractivity contribution is -0.127. The highest BCUT2D eigenvalue weighted by atomic mass is 35.5. The van der Waals surface area contributed by atoms with E-state index in [0.717, 1.165) is 0 Å². The summed E-state index contributed by atoms with van der Waals surface area (Å²) in [4.78, 5) is 11.8. The van der Waals surface area contributed by atoms with Gasteiger partial charge in [-0.3, -0.25) is 4.79 Å². The fourth-order valence-electron chi connectivity index (χ4n) is 0.183. The van der Waals surface area contributed by atoms with E-state index < -0.39 is 0 Å². The van der Waals surface area contributed by atoms with Gasteiger partial charge in [-0.2, -0.15) is 0 Å². The number of likely N-dealkylation sites (N-methyl/N-ethyl adjacent to an activating group) is 1. The molecule has 0 aliphatic carbocycles. The number of nitrogens with two attached hydrogens (primary N) is 1. The predicted octanol–water partition coefficient (Wildman–Crippen LogP) is -0.545. The van der Waals surface area contributed by atoms with Crippen molar-refractivity contribution in [2.24, 2.45) is 5.73 Å². The van der Waals surface area contributed by atoms with Gasteiger partial charge >= 0.3 is 0 Å². The van der Waals surface area contributed by atoms with Gasteiger partial charge < -0.3 is 10.6 Å². The second kappa shape index (κ2) is 4.87. The molecule has 0 aromatic rings. The first kappa shape index (κ1) is 10.7. The number of amides is 1. The van der Waals surface area contributed by atoms with Crippen LogP contribution in [0.25, 0.3) is 0 Å². The van der Waals surface area contributed by atoms with Crippen molar-refractivity contribution in [1.82, 2.24) is 4.90 Å². The van der Waals surface area contributed by atoms with E-state index in [-0.39, 0.29) is 24.9 Å². The summed E-state index contributed by atoms with van der Waals surface area (Å²) in [5.41, 5.74) is 4.98. The second-order valence-electron chi connectivity index (χ2n) is 1.49. The van der Waals surface area contributed by atoms with Crippen LogP contribution in [0.15, 0.2) is 0 Å². The summed E-state index contributed by atoms with van der Waals surface area (Å²) >= 11 is 0. The van der Waals surface area contributed by atoms with Crippen molar-refractivity contribution in [3.8, 4) is 0 Å². The maximum atomic E-state index is 10.3. The van der Waals surface area contributed by atoms with Crippen LogP contribution >= 0.6 is 12.4 Å². The summed E-state index contributed by atoms with van der Waals surface area (Å²) in [6.45, 7) is 0.104. The highest BCUT2D eigenvalue weighted by molar-refractivity contribution is 5.85. The molecule has 0 fully saturated rings. The molecule has 8 heavy (non-hydrogen) atoms. The SMILES string of the molecule is CN(C)C(=O)CN.Cl. The molecule has 0 saturated heterocycles. The predicted molar refractivity (Wildman–Crippen MR) is 35.0 cm³/mol. The molecule has 0 heterocycles. The van der Waals surface area contributed by atoms with Gasteiger partial charge in [-0.05, 0) is 0 Å². The molecule has 0 atom stereocenters. The molecule has 50 valence electrons. The molecular weight excluding hydrogens is 128 g/mol. The summed E-state index contributed by atoms with van der Waals surface area (Å²) in [5, 5.41) is 0. The van der Waals surface area contributed by atoms with Gasteiger partial charge in [0.05, 0.1) is 6.54 Å². The van der Waals surface area contributed by atoms with E-state index in [2.05, 4.69) is 0 Å². The molecule has 3 nitrogen and oxygen atoms in total. The molecule has 0 rings (SSSR count). The normalized spacial score (nSPS) is 7.38. The van der Waals surface area contributed by atoms with Crippen LogP contribution in [0.2, 0.25) is 0 Å². The van der Waals surface area contributed by atoms with Crippen molar-refractivity contribution in [1.29, 1.82) is 0 Å². The van der Waals surface area contributed by atoms with Gasteiger partial charge in [0.1, 0.15) is 0 Å². The van der Waals surface area contributed by atoms with Crippen molar-refractivity contribution < 1.29 is 4.79 Å². The van der Waals surface area contributed by atoms with Gasteiger partial charge in [0, 0.05) is 14.1 Å². The molecule has 2 N–H and O–H groups in total. The molecule has 0 aliphatic heterocycles. The van der Waals surface area contributed by atoms with E-state index >= 15 is 0 Å². The Bertz CT molecular complexity index is 74.4. The molecular formula is C4H11ClN2O. The van der Waals surface area contributed by atoms with Crippen molar-refractivity contribution in [3.05, 3.63) is 0 Å². The zero-order valence-electron chi connectivity index (χ0n) is 5.05. The molecule has 0 radical (unpaired) electrons. The van der Waals surface area contributed by atoms with E-state index in [1.165, 1.54) is 4.90 Å². The fraction of sp³-hybridized carbons (Fsp3) is 0.750. The average molecular weight is 139 g/mol. The van der Waals surface area contributed by atoms with Crippen molar-refractivity contribution in [2.45, 2.75) is 0 Å². The largest absolute Gasteiger partial charge is 0.348 e. The number of hydrogen-bond donors (Lipinski definition) is 1. The summed E-state index contributed by atoms with van der Waals surface area (Å²) in [6, 6.07) is 0. The number of nitrogens with zero attached hydrogens (tertiary/aromatic N) is 1. The average Bonchev–Trinajstić information content (AvgIpc) is 1.65. The summed E-state index contributed by atoms with van der Waals surface area (Å²) in [6.07, 6.45) is 0. The van der Waals surface area contributed by atoms with Crippen molar-refractivity contribution in [3.63, 3.8) is 0 Å². The van der Waals surface area contributed by atoms with Gasteiger partial charge in [-0.1, -0.05) is 0 Å². The van der Waals surface area contributed by atoms with Crippen LogP contribution in [0.1, 0.15) is 0 Å². The summed E-state index contributed by atoms with van der Waals surface area (Å²) in [7, 11) is 3.35. The van der Waals surface area contributed by atoms with Crippen LogP contribution in [-0.4, -0.2) is 31.4 Å². The third-order valence-electron chi connectivity index (χ3n) is 0.673. The molecule has 1 amide bonds. The smallest absolute Gasteiger partial charge is 0.235 e. The number of carbonyl (C=O) groups is 1. The molecule has 0 aliphatic rings. The highest BCUT2D eigenvalue weighted by Gasteiger charge is 1.95. The first-order chi connectivity index (χ1) is 3.18. The minimum absolute atomic E-state index is 0. The zero-order valence-corrected chi connectivity index (χ0v) is 5.86. The topological polar surface area (TPSA) is 46.3 Å². The monoisotopic (exact) mass is 138 g/mol. The molecule has 0 spiro atoms. The van der Waals surface area contributed by atoms with E-state index in [1.54, 1.807) is 14.1 Å². The maximum Gasteiger partial charge on any atom is 0.235 e. The van der Waals surface area contributed by atoms with Crippen LogP contribution in [-0.2, 0) is 4.79 Å². The second-order valence-corrected chi connectivity index (χ2v) is 1.49. The Morgan fingerprint density at radius 3 is 2.00 bits per heavy atom. The van der Waals surface area contributed by atoms with Crippen LogP contribution in [0.4, 0.5) is 0 Å². The first-order valence-corrected chi connectivity index (χ1v) is 2.08. The molecule has 4 heteroatoms. The van der Waals surface area contributed by atoms with Gasteiger partial charge in [0.25, 0.3) is 0 Å².